The summed E-state index contributed by atoms with van der Waals surface area (Å²) < 4.78 is 0. The third-order valence-electron chi connectivity index (χ3n) is 5.35. The lowest BCUT2D eigenvalue weighted by Gasteiger charge is -2.34. The molecule has 1 fully saturated rings. The SMILES string of the molecule is CCC(CC)C(=O)N1CCC(NC(=O)Nc2cccc(C(=O)NC(C)(C)C)c2)CC1. The zero-order valence-corrected chi connectivity index (χ0v) is 18.9. The molecule has 0 aliphatic carbocycles. The maximum absolute atomic E-state index is 12.5. The van der Waals surface area contributed by atoms with Crippen molar-refractivity contribution in [2.75, 3.05) is 18.4 Å². The summed E-state index contributed by atoms with van der Waals surface area (Å²) in [5, 5.41) is 8.70. The van der Waals surface area contributed by atoms with Crippen LogP contribution in [0.5, 0.6) is 0 Å². The number of hydrogen-bond acceptors (Lipinski definition) is 3. The van der Waals surface area contributed by atoms with Crippen molar-refractivity contribution in [2.24, 2.45) is 5.92 Å². The molecule has 0 radical (unpaired) electrons. The van der Waals surface area contributed by atoms with E-state index in [0.717, 1.165) is 25.7 Å². The molecule has 0 unspecified atom stereocenters. The third-order valence-corrected chi connectivity index (χ3v) is 5.35. The molecular weight excluding hydrogens is 380 g/mol. The normalized spacial score (nSPS) is 15.1. The average Bonchev–Trinajstić information content (AvgIpc) is 2.68. The molecule has 0 atom stereocenters. The molecule has 0 aromatic heterocycles. The van der Waals surface area contributed by atoms with Crippen LogP contribution in [-0.2, 0) is 4.79 Å². The van der Waals surface area contributed by atoms with Crippen molar-refractivity contribution < 1.29 is 14.4 Å². The van der Waals surface area contributed by atoms with E-state index in [-0.39, 0.29) is 35.3 Å². The fourth-order valence-electron chi connectivity index (χ4n) is 3.64. The first kappa shape index (κ1) is 23.7. The van der Waals surface area contributed by atoms with Gasteiger partial charge in [-0.2, -0.15) is 0 Å². The van der Waals surface area contributed by atoms with Crippen molar-refractivity contribution in [2.45, 2.75) is 71.9 Å². The molecule has 2 rings (SSSR count). The highest BCUT2D eigenvalue weighted by Crippen LogP contribution is 2.18. The van der Waals surface area contributed by atoms with Gasteiger partial charge in [0, 0.05) is 41.8 Å². The van der Waals surface area contributed by atoms with Crippen LogP contribution < -0.4 is 16.0 Å². The average molecular weight is 417 g/mol. The van der Waals surface area contributed by atoms with Crippen LogP contribution in [0.3, 0.4) is 0 Å². The van der Waals surface area contributed by atoms with Crippen LogP contribution in [0, 0.1) is 5.92 Å². The highest BCUT2D eigenvalue weighted by Gasteiger charge is 2.27. The summed E-state index contributed by atoms with van der Waals surface area (Å²) >= 11 is 0. The Labute approximate surface area is 180 Å². The van der Waals surface area contributed by atoms with Crippen LogP contribution in [0.1, 0.15) is 70.7 Å². The smallest absolute Gasteiger partial charge is 0.319 e. The lowest BCUT2D eigenvalue weighted by molar-refractivity contribution is -0.136. The summed E-state index contributed by atoms with van der Waals surface area (Å²) in [4.78, 5) is 39.1. The monoisotopic (exact) mass is 416 g/mol. The number of nitrogens with one attached hydrogen (secondary N) is 3. The van der Waals surface area contributed by atoms with Crippen molar-refractivity contribution in [3.63, 3.8) is 0 Å². The van der Waals surface area contributed by atoms with Gasteiger partial charge in [-0.3, -0.25) is 9.59 Å². The summed E-state index contributed by atoms with van der Waals surface area (Å²) in [5.41, 5.74) is 0.731. The number of nitrogens with zero attached hydrogens (tertiary/aromatic N) is 1. The number of urea groups is 1. The minimum atomic E-state index is -0.331. The Bertz CT molecular complexity index is 745. The number of carbonyl (C=O) groups is 3. The van der Waals surface area contributed by atoms with Gasteiger partial charge in [-0.1, -0.05) is 19.9 Å². The van der Waals surface area contributed by atoms with E-state index in [1.807, 2.05) is 39.5 Å². The van der Waals surface area contributed by atoms with Gasteiger partial charge in [0.15, 0.2) is 0 Å². The molecule has 7 nitrogen and oxygen atoms in total. The molecule has 1 aromatic rings. The van der Waals surface area contributed by atoms with Gasteiger partial charge in [0.2, 0.25) is 5.91 Å². The number of likely N-dealkylation sites (tertiary alicyclic amines) is 1. The Kier molecular flexibility index (Phi) is 8.26. The molecule has 4 amide bonds. The molecule has 0 spiro atoms. The van der Waals surface area contributed by atoms with Gasteiger partial charge in [0.1, 0.15) is 0 Å². The second kappa shape index (κ2) is 10.5. The van der Waals surface area contributed by atoms with E-state index in [1.54, 1.807) is 24.3 Å². The van der Waals surface area contributed by atoms with Crippen molar-refractivity contribution >= 4 is 23.5 Å². The van der Waals surface area contributed by atoms with Gasteiger partial charge < -0.3 is 20.9 Å². The third kappa shape index (κ3) is 7.04. The van der Waals surface area contributed by atoms with Crippen LogP contribution in [-0.4, -0.2) is 47.4 Å². The van der Waals surface area contributed by atoms with Crippen molar-refractivity contribution in [1.82, 2.24) is 15.5 Å². The number of hydrogen-bond donors (Lipinski definition) is 3. The highest BCUT2D eigenvalue weighted by molar-refractivity contribution is 5.97. The second-order valence-electron chi connectivity index (χ2n) is 9.00. The topological polar surface area (TPSA) is 90.5 Å². The number of anilines is 1. The molecule has 30 heavy (non-hydrogen) atoms. The minimum Gasteiger partial charge on any atom is -0.347 e. The standard InChI is InChI=1S/C23H36N4O3/c1-6-16(7-2)21(29)27-13-11-18(12-14-27)24-22(30)25-19-10-8-9-17(15-19)20(28)26-23(3,4)5/h8-10,15-16,18H,6-7,11-14H2,1-5H3,(H,26,28)(H2,24,25,30). The van der Waals surface area contributed by atoms with Gasteiger partial charge in [-0.15, -0.1) is 0 Å². The van der Waals surface area contributed by atoms with Crippen molar-refractivity contribution in [3.05, 3.63) is 29.8 Å². The fraction of sp³-hybridized carbons (Fsp3) is 0.609. The fourth-order valence-corrected chi connectivity index (χ4v) is 3.64. The van der Waals surface area contributed by atoms with Crippen LogP contribution in [0.25, 0.3) is 0 Å². The predicted molar refractivity (Wildman–Crippen MR) is 119 cm³/mol. The lowest BCUT2D eigenvalue weighted by atomic mass is 9.98. The van der Waals surface area contributed by atoms with Gasteiger partial charge in [-0.05, 0) is 64.7 Å². The number of carbonyl (C=O) groups excluding carboxylic acids is 3. The molecule has 1 aromatic carbocycles. The van der Waals surface area contributed by atoms with Crippen molar-refractivity contribution in [1.29, 1.82) is 0 Å². The molecule has 7 heteroatoms. The molecule has 1 saturated heterocycles. The summed E-state index contributed by atoms with van der Waals surface area (Å²) in [6.45, 7) is 11.2. The Balaban J connectivity index is 1.85. The maximum Gasteiger partial charge on any atom is 0.319 e. The number of rotatable bonds is 6. The predicted octanol–water partition coefficient (Wildman–Crippen LogP) is 3.76. The first-order valence-electron chi connectivity index (χ1n) is 10.9. The first-order valence-corrected chi connectivity index (χ1v) is 10.9. The Morgan fingerprint density at radius 1 is 1.10 bits per heavy atom. The zero-order chi connectivity index (χ0) is 22.3. The second-order valence-corrected chi connectivity index (χ2v) is 9.00. The minimum absolute atomic E-state index is 0.0307. The quantitative estimate of drug-likeness (QED) is 0.659. The van der Waals surface area contributed by atoms with Gasteiger partial charge in [0.05, 0.1) is 0 Å². The van der Waals surface area contributed by atoms with Gasteiger partial charge >= 0.3 is 6.03 Å². The molecule has 0 bridgehead atoms. The van der Waals surface area contributed by atoms with Crippen LogP contribution >= 0.6 is 0 Å². The molecule has 166 valence electrons. The molecule has 1 aliphatic heterocycles. The summed E-state index contributed by atoms with van der Waals surface area (Å²) in [6, 6.07) is 6.62. The Hall–Kier alpha value is -2.57. The summed E-state index contributed by atoms with van der Waals surface area (Å²) in [6.07, 6.45) is 3.21. The van der Waals surface area contributed by atoms with Crippen molar-refractivity contribution in [3.8, 4) is 0 Å². The van der Waals surface area contributed by atoms with E-state index in [4.69, 9.17) is 0 Å². The van der Waals surface area contributed by atoms with E-state index >= 15 is 0 Å². The molecular formula is C23H36N4O3. The van der Waals surface area contributed by atoms with Gasteiger partial charge in [-0.25, -0.2) is 4.79 Å². The Morgan fingerprint density at radius 3 is 2.30 bits per heavy atom. The zero-order valence-electron chi connectivity index (χ0n) is 18.9. The van der Waals surface area contributed by atoms with E-state index in [0.29, 0.717) is 24.3 Å². The molecule has 3 N–H and O–H groups in total. The van der Waals surface area contributed by atoms with E-state index in [1.165, 1.54) is 0 Å². The molecule has 1 heterocycles. The molecule has 0 saturated carbocycles. The van der Waals surface area contributed by atoms with Gasteiger partial charge in [0.25, 0.3) is 5.91 Å². The number of piperidine rings is 1. The summed E-state index contributed by atoms with van der Waals surface area (Å²) in [5.74, 6) is 0.148. The van der Waals surface area contributed by atoms with Crippen LogP contribution in [0.15, 0.2) is 24.3 Å². The van der Waals surface area contributed by atoms with Crippen LogP contribution in [0.4, 0.5) is 10.5 Å². The largest absolute Gasteiger partial charge is 0.347 e. The first-order chi connectivity index (χ1) is 14.1. The van der Waals surface area contributed by atoms with Crippen LogP contribution in [0.2, 0.25) is 0 Å². The maximum atomic E-state index is 12.5. The van der Waals surface area contributed by atoms with E-state index < -0.39 is 0 Å². The Morgan fingerprint density at radius 2 is 1.73 bits per heavy atom. The number of amides is 4. The molecule has 1 aliphatic rings. The number of benzene rings is 1. The summed E-state index contributed by atoms with van der Waals surface area (Å²) in [7, 11) is 0. The highest BCUT2D eigenvalue weighted by atomic mass is 16.2. The lowest BCUT2D eigenvalue weighted by Crippen LogP contribution is -2.48. The van der Waals surface area contributed by atoms with E-state index in [9.17, 15) is 14.4 Å². The van der Waals surface area contributed by atoms with E-state index in [2.05, 4.69) is 16.0 Å².